The molecule has 3 rings (SSSR count). The van der Waals surface area contributed by atoms with Gasteiger partial charge in [-0.3, -0.25) is 4.79 Å². The Morgan fingerprint density at radius 1 is 1.15 bits per heavy atom. The zero-order valence-electron chi connectivity index (χ0n) is 19.4. The van der Waals surface area contributed by atoms with Crippen molar-refractivity contribution in [1.29, 1.82) is 0 Å². The molecule has 0 aliphatic heterocycles. The van der Waals surface area contributed by atoms with E-state index < -0.39 is 10.0 Å². The molecule has 3 aromatic rings. The van der Waals surface area contributed by atoms with Gasteiger partial charge in [0.15, 0.2) is 5.76 Å². The number of nitrogens with zero attached hydrogens (tertiary/aromatic N) is 1. The lowest BCUT2D eigenvalue weighted by molar-refractivity contribution is -0.114. The molecule has 1 aromatic heterocycles. The van der Waals surface area contributed by atoms with Gasteiger partial charge in [0.05, 0.1) is 13.7 Å². The average Bonchev–Trinajstić information content (AvgIpc) is 3.15. The van der Waals surface area contributed by atoms with Crippen LogP contribution in [0.2, 0.25) is 0 Å². The van der Waals surface area contributed by atoms with Crippen LogP contribution >= 0.6 is 0 Å². The lowest BCUT2D eigenvalue weighted by Crippen LogP contribution is -2.24. The number of methoxy groups -OCH3 is 1. The number of sulfonamides is 1. The second-order valence-corrected chi connectivity index (χ2v) is 9.03. The number of benzene rings is 2. The maximum absolute atomic E-state index is 13.1. The second kappa shape index (κ2) is 11.0. The fourth-order valence-electron chi connectivity index (χ4n) is 3.20. The Morgan fingerprint density at radius 3 is 2.62 bits per heavy atom. The number of carbonyl (C=O) groups is 1. The van der Waals surface area contributed by atoms with Crippen LogP contribution in [0, 0.1) is 6.92 Å². The van der Waals surface area contributed by atoms with Crippen molar-refractivity contribution in [3.63, 3.8) is 0 Å². The van der Waals surface area contributed by atoms with E-state index in [-0.39, 0.29) is 23.1 Å². The van der Waals surface area contributed by atoms with Gasteiger partial charge in [-0.05, 0) is 43.7 Å². The molecule has 0 bridgehead atoms. The molecule has 180 valence electrons. The van der Waals surface area contributed by atoms with Crippen LogP contribution in [0.5, 0.6) is 11.5 Å². The number of anilines is 1. The Labute approximate surface area is 198 Å². The summed E-state index contributed by atoms with van der Waals surface area (Å²) in [4.78, 5) is 11.4. The van der Waals surface area contributed by atoms with Gasteiger partial charge >= 0.3 is 0 Å². The first-order chi connectivity index (χ1) is 16.2. The minimum Gasteiger partial charge on any atom is -0.495 e. The number of hydrogen-bond donors (Lipinski definition) is 2. The van der Waals surface area contributed by atoms with Crippen LogP contribution in [0.4, 0.5) is 5.69 Å². The quantitative estimate of drug-likeness (QED) is 0.445. The van der Waals surface area contributed by atoms with Crippen molar-refractivity contribution in [3.05, 3.63) is 65.0 Å². The minimum atomic E-state index is -3.92. The van der Waals surface area contributed by atoms with Gasteiger partial charge in [-0.25, -0.2) is 13.1 Å². The Kier molecular flexibility index (Phi) is 8.08. The van der Waals surface area contributed by atoms with Gasteiger partial charge < -0.3 is 19.3 Å². The number of carbonyl (C=O) groups excluding carboxylic acids is 1. The molecular weight excluding hydrogens is 458 g/mol. The molecule has 0 atom stereocenters. The van der Waals surface area contributed by atoms with Gasteiger partial charge in [0, 0.05) is 19.0 Å². The summed E-state index contributed by atoms with van der Waals surface area (Å²) in [7, 11) is -2.51. The van der Waals surface area contributed by atoms with Crippen molar-refractivity contribution in [1.82, 2.24) is 9.88 Å². The maximum Gasteiger partial charge on any atom is 0.244 e. The maximum atomic E-state index is 13.1. The summed E-state index contributed by atoms with van der Waals surface area (Å²) >= 11 is 0. The van der Waals surface area contributed by atoms with Crippen molar-refractivity contribution >= 4 is 33.8 Å². The molecule has 0 unspecified atom stereocenters. The van der Waals surface area contributed by atoms with Crippen molar-refractivity contribution in [2.45, 2.75) is 32.2 Å². The number of para-hydroxylation sites is 1. The Bertz CT molecular complexity index is 1300. The molecule has 0 spiro atoms. The van der Waals surface area contributed by atoms with Crippen LogP contribution in [0.3, 0.4) is 0 Å². The number of aromatic nitrogens is 1. The van der Waals surface area contributed by atoms with Crippen LogP contribution in [0.1, 0.15) is 36.4 Å². The smallest absolute Gasteiger partial charge is 0.244 e. The van der Waals surface area contributed by atoms with E-state index >= 15 is 0 Å². The highest BCUT2D eigenvalue weighted by Gasteiger charge is 2.20. The molecule has 0 radical (unpaired) electrons. The van der Waals surface area contributed by atoms with Crippen molar-refractivity contribution in [3.8, 4) is 11.5 Å². The summed E-state index contributed by atoms with van der Waals surface area (Å²) in [6.45, 7) is 5.49. The number of ether oxygens (including phenoxy) is 2. The molecule has 9 nitrogen and oxygen atoms in total. The SMILES string of the molecule is CCOc1ccccc1CNS(=O)(=O)c1cc(/C=C\c2onc(C)c2NC(C)=O)ccc1OC. The van der Waals surface area contributed by atoms with Gasteiger partial charge in [0.1, 0.15) is 27.8 Å². The van der Waals surface area contributed by atoms with Gasteiger partial charge in [-0.1, -0.05) is 35.5 Å². The zero-order chi connectivity index (χ0) is 24.7. The summed E-state index contributed by atoms with van der Waals surface area (Å²) in [5, 5.41) is 6.54. The second-order valence-electron chi connectivity index (χ2n) is 7.30. The fourth-order valence-corrected chi connectivity index (χ4v) is 4.41. The molecule has 0 fully saturated rings. The van der Waals surface area contributed by atoms with Crippen molar-refractivity contribution in [2.24, 2.45) is 0 Å². The average molecular weight is 486 g/mol. The molecule has 0 aliphatic rings. The van der Waals surface area contributed by atoms with Crippen molar-refractivity contribution < 1.29 is 27.2 Å². The standard InChI is InChI=1S/C24H27N3O6S/c1-5-32-20-9-7-6-8-19(20)15-25-34(29,30)23-14-18(10-12-21(23)31-4)11-13-22-24(26-17(3)28)16(2)27-33-22/h6-14,25H,5,15H2,1-4H3,(H,26,28)/b13-11-. The summed E-state index contributed by atoms with van der Waals surface area (Å²) in [5.74, 6) is 0.917. The molecule has 2 aromatic carbocycles. The van der Waals surface area contributed by atoms with Crippen LogP contribution < -0.4 is 19.5 Å². The largest absolute Gasteiger partial charge is 0.495 e. The predicted octanol–water partition coefficient (Wildman–Crippen LogP) is 4.00. The number of rotatable bonds is 10. The third kappa shape index (κ3) is 6.03. The highest BCUT2D eigenvalue weighted by atomic mass is 32.2. The summed E-state index contributed by atoms with van der Waals surface area (Å²) in [6, 6.07) is 12.0. The molecule has 0 aliphatic carbocycles. The molecular formula is C24H27N3O6S. The van der Waals surface area contributed by atoms with Crippen LogP contribution in [0.25, 0.3) is 12.2 Å². The summed E-state index contributed by atoms with van der Waals surface area (Å²) in [6.07, 6.45) is 3.27. The fraction of sp³-hybridized carbons (Fsp3) is 0.250. The number of hydrogen-bond acceptors (Lipinski definition) is 7. The molecule has 34 heavy (non-hydrogen) atoms. The number of amides is 1. The highest BCUT2D eigenvalue weighted by Crippen LogP contribution is 2.28. The molecule has 10 heteroatoms. The molecule has 0 saturated heterocycles. The summed E-state index contributed by atoms with van der Waals surface area (Å²) < 4.78 is 45.0. The zero-order valence-corrected chi connectivity index (χ0v) is 20.2. The van der Waals surface area contributed by atoms with Gasteiger partial charge in [0.2, 0.25) is 15.9 Å². The van der Waals surface area contributed by atoms with E-state index in [9.17, 15) is 13.2 Å². The normalized spacial score (nSPS) is 11.5. The third-order valence-electron chi connectivity index (χ3n) is 4.82. The van der Waals surface area contributed by atoms with Gasteiger partial charge in [0.25, 0.3) is 0 Å². The van der Waals surface area contributed by atoms with Crippen molar-refractivity contribution in [2.75, 3.05) is 19.0 Å². The Morgan fingerprint density at radius 2 is 1.91 bits per heavy atom. The number of nitrogens with one attached hydrogen (secondary N) is 2. The minimum absolute atomic E-state index is 0.0122. The van der Waals surface area contributed by atoms with Gasteiger partial charge in [-0.15, -0.1) is 0 Å². The van der Waals surface area contributed by atoms with E-state index in [4.69, 9.17) is 14.0 Å². The first-order valence-corrected chi connectivity index (χ1v) is 12.0. The molecule has 1 amide bonds. The molecule has 1 heterocycles. The van der Waals surface area contributed by atoms with E-state index in [1.54, 1.807) is 43.3 Å². The molecule has 2 N–H and O–H groups in total. The first-order valence-electron chi connectivity index (χ1n) is 10.6. The summed E-state index contributed by atoms with van der Waals surface area (Å²) in [5.41, 5.74) is 2.29. The van der Waals surface area contributed by atoms with E-state index in [1.807, 2.05) is 19.1 Å². The van der Waals surface area contributed by atoms with Crippen LogP contribution in [0.15, 0.2) is 51.9 Å². The first kappa shape index (κ1) is 25.0. The highest BCUT2D eigenvalue weighted by molar-refractivity contribution is 7.89. The lowest BCUT2D eigenvalue weighted by atomic mass is 10.2. The van der Waals surface area contributed by atoms with E-state index in [1.165, 1.54) is 20.1 Å². The van der Waals surface area contributed by atoms with E-state index in [0.29, 0.717) is 40.6 Å². The number of aryl methyl sites for hydroxylation is 1. The monoisotopic (exact) mass is 485 g/mol. The van der Waals surface area contributed by atoms with E-state index in [2.05, 4.69) is 15.2 Å². The van der Waals surface area contributed by atoms with Crippen LogP contribution in [-0.4, -0.2) is 33.2 Å². The third-order valence-corrected chi connectivity index (χ3v) is 6.24. The van der Waals surface area contributed by atoms with E-state index in [0.717, 1.165) is 0 Å². The topological polar surface area (TPSA) is 120 Å². The predicted molar refractivity (Wildman–Crippen MR) is 129 cm³/mol. The Hall–Kier alpha value is -3.63. The Balaban J connectivity index is 1.87. The van der Waals surface area contributed by atoms with Gasteiger partial charge in [-0.2, -0.15) is 0 Å². The molecule has 0 saturated carbocycles. The lowest BCUT2D eigenvalue weighted by Gasteiger charge is -2.13. The van der Waals surface area contributed by atoms with Crippen LogP contribution in [-0.2, 0) is 21.4 Å².